The highest BCUT2D eigenvalue weighted by molar-refractivity contribution is 8.15. The number of amidine groups is 1. The second-order valence-electron chi connectivity index (χ2n) is 9.85. The minimum absolute atomic E-state index is 0.0403. The number of nitrogens with zero attached hydrogens (tertiary/aromatic N) is 4. The van der Waals surface area contributed by atoms with E-state index in [0.717, 1.165) is 22.5 Å². The van der Waals surface area contributed by atoms with Crippen LogP contribution in [0.2, 0.25) is 0 Å². The standard InChI is InChI=1S/C31H31N5O4S/c1-4-40-30(39)22-10-14-23(15-11-22)32-28(37)19-27-29(38)33-31(41-27)36-26(21-12-16-24(17-13-21)35(2)3)18-25(34-36)20-8-6-5-7-9-20/h5-17,26-27H,4,18-19H2,1-3H3,(H,32,37). The molecule has 2 unspecified atom stereocenters. The van der Waals surface area contributed by atoms with Crippen LogP contribution in [0.3, 0.4) is 0 Å². The molecule has 2 aliphatic heterocycles. The summed E-state index contributed by atoms with van der Waals surface area (Å²) in [5, 5.41) is 9.35. The summed E-state index contributed by atoms with van der Waals surface area (Å²) >= 11 is 1.26. The minimum atomic E-state index is -0.656. The van der Waals surface area contributed by atoms with Crippen molar-refractivity contribution >= 4 is 51.8 Å². The Kier molecular flexibility index (Phi) is 8.49. The van der Waals surface area contributed by atoms with Gasteiger partial charge < -0.3 is 15.0 Å². The molecule has 3 aromatic carbocycles. The average molecular weight is 570 g/mol. The highest BCUT2D eigenvalue weighted by Gasteiger charge is 2.39. The van der Waals surface area contributed by atoms with E-state index in [1.807, 2.05) is 54.3 Å². The second-order valence-corrected chi connectivity index (χ2v) is 11.0. The molecule has 0 saturated heterocycles. The largest absolute Gasteiger partial charge is 0.462 e. The molecule has 2 heterocycles. The molecule has 0 radical (unpaired) electrons. The molecule has 0 aromatic heterocycles. The summed E-state index contributed by atoms with van der Waals surface area (Å²) in [4.78, 5) is 43.9. The Labute approximate surface area is 243 Å². The van der Waals surface area contributed by atoms with E-state index in [1.165, 1.54) is 11.8 Å². The Bertz CT molecular complexity index is 1490. The third kappa shape index (κ3) is 6.49. The average Bonchev–Trinajstić information content (AvgIpc) is 3.58. The van der Waals surface area contributed by atoms with Gasteiger partial charge in [0.2, 0.25) is 5.91 Å². The van der Waals surface area contributed by atoms with Crippen LogP contribution in [0.5, 0.6) is 0 Å². The molecular formula is C31H31N5O4S. The zero-order chi connectivity index (χ0) is 28.9. The number of amides is 2. The van der Waals surface area contributed by atoms with E-state index in [0.29, 0.717) is 22.8 Å². The van der Waals surface area contributed by atoms with Crippen LogP contribution >= 0.6 is 11.8 Å². The summed E-state index contributed by atoms with van der Waals surface area (Å²) in [6, 6.07) is 24.6. The summed E-state index contributed by atoms with van der Waals surface area (Å²) in [6.07, 6.45) is 0.619. The summed E-state index contributed by atoms with van der Waals surface area (Å²) in [5.41, 5.74) is 5.01. The first-order chi connectivity index (χ1) is 19.8. The van der Waals surface area contributed by atoms with Gasteiger partial charge in [0.15, 0.2) is 5.17 Å². The molecule has 2 aliphatic rings. The van der Waals surface area contributed by atoms with Crippen LogP contribution in [-0.2, 0) is 14.3 Å². The highest BCUT2D eigenvalue weighted by atomic mass is 32.2. The van der Waals surface area contributed by atoms with Crippen molar-refractivity contribution in [1.29, 1.82) is 0 Å². The summed E-state index contributed by atoms with van der Waals surface area (Å²) in [7, 11) is 4.00. The van der Waals surface area contributed by atoms with E-state index >= 15 is 0 Å². The van der Waals surface area contributed by atoms with Gasteiger partial charge in [-0.05, 0) is 54.4 Å². The molecule has 210 valence electrons. The lowest BCUT2D eigenvalue weighted by Gasteiger charge is -2.24. The molecule has 0 spiro atoms. The fourth-order valence-electron chi connectivity index (χ4n) is 4.63. The van der Waals surface area contributed by atoms with E-state index in [1.54, 1.807) is 31.2 Å². The molecule has 9 nitrogen and oxygen atoms in total. The fourth-order valence-corrected chi connectivity index (χ4v) is 5.70. The summed E-state index contributed by atoms with van der Waals surface area (Å²) < 4.78 is 4.99. The number of ether oxygens (including phenoxy) is 1. The number of rotatable bonds is 8. The number of hydrazone groups is 1. The molecular weight excluding hydrogens is 538 g/mol. The predicted molar refractivity (Wildman–Crippen MR) is 162 cm³/mol. The molecule has 3 aromatic rings. The number of hydrogen-bond acceptors (Lipinski definition) is 8. The monoisotopic (exact) mass is 569 g/mol. The van der Waals surface area contributed by atoms with Gasteiger partial charge in [-0.1, -0.05) is 54.2 Å². The number of carbonyl (C=O) groups excluding carboxylic acids is 3. The number of aliphatic imine (C=N–C) groups is 1. The number of anilines is 2. The molecule has 2 amide bonds. The predicted octanol–water partition coefficient (Wildman–Crippen LogP) is 5.11. The lowest BCUT2D eigenvalue weighted by Crippen LogP contribution is -2.25. The Morgan fingerprint density at radius 1 is 1.02 bits per heavy atom. The Morgan fingerprint density at radius 3 is 2.39 bits per heavy atom. The van der Waals surface area contributed by atoms with Crippen LogP contribution in [-0.4, -0.2) is 59.6 Å². The van der Waals surface area contributed by atoms with Crippen molar-refractivity contribution in [3.63, 3.8) is 0 Å². The number of thioether (sulfide) groups is 1. The Morgan fingerprint density at radius 2 is 1.73 bits per heavy atom. The van der Waals surface area contributed by atoms with Crippen LogP contribution in [0.1, 0.15) is 47.3 Å². The zero-order valence-corrected chi connectivity index (χ0v) is 23.9. The van der Waals surface area contributed by atoms with Gasteiger partial charge in [-0.15, -0.1) is 0 Å². The maximum Gasteiger partial charge on any atom is 0.338 e. The third-order valence-electron chi connectivity index (χ3n) is 6.79. The first-order valence-corrected chi connectivity index (χ1v) is 14.3. The molecule has 41 heavy (non-hydrogen) atoms. The van der Waals surface area contributed by atoms with Gasteiger partial charge in [0.05, 0.1) is 23.9 Å². The van der Waals surface area contributed by atoms with Crippen LogP contribution in [0.4, 0.5) is 11.4 Å². The maximum absolute atomic E-state index is 12.9. The lowest BCUT2D eigenvalue weighted by atomic mass is 9.98. The second kappa shape index (κ2) is 12.4. The Hall–Kier alpha value is -4.44. The third-order valence-corrected chi connectivity index (χ3v) is 7.93. The van der Waals surface area contributed by atoms with E-state index in [4.69, 9.17) is 9.84 Å². The van der Waals surface area contributed by atoms with E-state index in [2.05, 4.69) is 34.6 Å². The number of benzene rings is 3. The lowest BCUT2D eigenvalue weighted by molar-refractivity contribution is -0.121. The van der Waals surface area contributed by atoms with Gasteiger partial charge in [-0.25, -0.2) is 9.80 Å². The summed E-state index contributed by atoms with van der Waals surface area (Å²) in [6.45, 7) is 2.03. The van der Waals surface area contributed by atoms with Gasteiger partial charge in [0, 0.05) is 38.3 Å². The topological polar surface area (TPSA) is 104 Å². The maximum atomic E-state index is 12.9. The molecule has 0 aliphatic carbocycles. The van der Waals surface area contributed by atoms with Crippen LogP contribution in [0, 0.1) is 0 Å². The van der Waals surface area contributed by atoms with Crippen molar-refractivity contribution in [2.45, 2.75) is 31.1 Å². The van der Waals surface area contributed by atoms with Crippen LogP contribution in [0.25, 0.3) is 0 Å². The normalized spacial score (nSPS) is 18.1. The molecule has 2 atom stereocenters. The van der Waals surface area contributed by atoms with Crippen LogP contribution in [0.15, 0.2) is 89.0 Å². The highest BCUT2D eigenvalue weighted by Crippen LogP contribution is 2.39. The number of carbonyl (C=O) groups is 3. The van der Waals surface area contributed by atoms with E-state index in [9.17, 15) is 14.4 Å². The number of hydrogen-bond donors (Lipinski definition) is 1. The summed E-state index contributed by atoms with van der Waals surface area (Å²) in [5.74, 6) is -1.10. The quantitative estimate of drug-likeness (QED) is 0.376. The first-order valence-electron chi connectivity index (χ1n) is 13.4. The fraction of sp³-hybridized carbons (Fsp3) is 0.258. The molecule has 0 fully saturated rings. The van der Waals surface area contributed by atoms with Gasteiger partial charge >= 0.3 is 5.97 Å². The van der Waals surface area contributed by atoms with E-state index < -0.39 is 11.2 Å². The van der Waals surface area contributed by atoms with Crippen molar-refractivity contribution in [3.8, 4) is 0 Å². The molecule has 1 N–H and O–H groups in total. The molecule has 5 rings (SSSR count). The van der Waals surface area contributed by atoms with Crippen molar-refractivity contribution in [2.75, 3.05) is 30.9 Å². The molecule has 0 bridgehead atoms. The van der Waals surface area contributed by atoms with Crippen molar-refractivity contribution in [1.82, 2.24) is 5.01 Å². The number of nitrogens with one attached hydrogen (secondary N) is 1. The minimum Gasteiger partial charge on any atom is -0.462 e. The van der Waals surface area contributed by atoms with Crippen molar-refractivity contribution in [2.24, 2.45) is 10.1 Å². The van der Waals surface area contributed by atoms with E-state index in [-0.39, 0.29) is 30.9 Å². The number of esters is 1. The van der Waals surface area contributed by atoms with Gasteiger partial charge in [-0.3, -0.25) is 9.59 Å². The van der Waals surface area contributed by atoms with Crippen LogP contribution < -0.4 is 10.2 Å². The van der Waals surface area contributed by atoms with Gasteiger partial charge in [0.25, 0.3) is 5.91 Å². The zero-order valence-electron chi connectivity index (χ0n) is 23.1. The van der Waals surface area contributed by atoms with Gasteiger partial charge in [0.1, 0.15) is 5.25 Å². The SMILES string of the molecule is CCOC(=O)c1ccc(NC(=O)CC2SC(N3N=C(c4ccccc4)CC3c3ccc(N(C)C)cc3)=NC2=O)cc1. The molecule has 10 heteroatoms. The Balaban J connectivity index is 1.29. The van der Waals surface area contributed by atoms with Gasteiger partial charge in [-0.2, -0.15) is 10.1 Å². The van der Waals surface area contributed by atoms with Crippen molar-refractivity contribution in [3.05, 3.63) is 95.6 Å². The first kappa shape index (κ1) is 28.1. The van der Waals surface area contributed by atoms with Crippen molar-refractivity contribution < 1.29 is 19.1 Å². The molecule has 0 saturated carbocycles. The smallest absolute Gasteiger partial charge is 0.338 e.